The third kappa shape index (κ3) is 4.03. The first kappa shape index (κ1) is 15.4. The average Bonchev–Trinajstić information content (AvgIpc) is 2.96. The number of benzene rings is 2. The van der Waals surface area contributed by atoms with Crippen LogP contribution >= 0.6 is 34.7 Å². The minimum Gasteiger partial charge on any atom is -0.332 e. The highest BCUT2D eigenvalue weighted by Crippen LogP contribution is 2.30. The van der Waals surface area contributed by atoms with Crippen LogP contribution in [0.5, 0.6) is 0 Å². The number of nitrogens with zero attached hydrogens (tertiary/aromatic N) is 1. The minimum absolute atomic E-state index is 0.792. The van der Waals surface area contributed by atoms with Crippen molar-refractivity contribution in [2.24, 2.45) is 0 Å². The summed E-state index contributed by atoms with van der Waals surface area (Å²) in [6.07, 6.45) is 0. The third-order valence-corrected chi connectivity index (χ3v) is 5.42. The molecule has 5 heteroatoms. The van der Waals surface area contributed by atoms with Crippen LogP contribution in [0.25, 0.3) is 0 Å². The molecule has 1 aromatic heterocycles. The van der Waals surface area contributed by atoms with Gasteiger partial charge in [0.05, 0.1) is 10.7 Å². The predicted molar refractivity (Wildman–Crippen MR) is 97.6 cm³/mol. The average molecular weight is 347 g/mol. The zero-order valence-corrected chi connectivity index (χ0v) is 14.4. The molecule has 0 aliphatic carbocycles. The molecule has 0 fully saturated rings. The number of thiazole rings is 1. The van der Waals surface area contributed by atoms with E-state index in [1.165, 1.54) is 5.56 Å². The van der Waals surface area contributed by atoms with Gasteiger partial charge in [0.1, 0.15) is 0 Å². The maximum atomic E-state index is 6.16. The van der Waals surface area contributed by atoms with Crippen LogP contribution in [-0.2, 0) is 5.75 Å². The predicted octanol–water partition coefficient (Wildman–Crippen LogP) is 6.14. The van der Waals surface area contributed by atoms with Gasteiger partial charge < -0.3 is 5.32 Å². The van der Waals surface area contributed by atoms with E-state index in [9.17, 15) is 0 Å². The van der Waals surface area contributed by atoms with Gasteiger partial charge in [-0.15, -0.1) is 23.1 Å². The number of rotatable bonds is 5. The van der Waals surface area contributed by atoms with Crippen LogP contribution in [0.1, 0.15) is 11.3 Å². The van der Waals surface area contributed by atoms with E-state index in [1.54, 1.807) is 23.1 Å². The molecular weight excluding hydrogens is 332 g/mol. The SMILES string of the molecule is Cc1ccc(Nc2nc(CSc3ccccc3Cl)cs2)cc1. The molecule has 0 saturated carbocycles. The van der Waals surface area contributed by atoms with Crippen LogP contribution < -0.4 is 5.32 Å². The van der Waals surface area contributed by atoms with Crippen molar-refractivity contribution in [3.8, 4) is 0 Å². The fourth-order valence-corrected chi connectivity index (χ4v) is 3.87. The Bertz CT molecular complexity index is 753. The highest BCUT2D eigenvalue weighted by Gasteiger charge is 2.05. The highest BCUT2D eigenvalue weighted by molar-refractivity contribution is 7.98. The van der Waals surface area contributed by atoms with E-state index in [2.05, 4.69) is 46.9 Å². The lowest BCUT2D eigenvalue weighted by atomic mass is 10.2. The Balaban J connectivity index is 1.61. The van der Waals surface area contributed by atoms with Crippen molar-refractivity contribution >= 4 is 45.5 Å². The van der Waals surface area contributed by atoms with Gasteiger partial charge in [-0.05, 0) is 31.2 Å². The van der Waals surface area contributed by atoms with E-state index in [0.29, 0.717) is 0 Å². The van der Waals surface area contributed by atoms with Crippen molar-refractivity contribution in [2.45, 2.75) is 17.6 Å². The molecular formula is C17H15ClN2S2. The zero-order valence-electron chi connectivity index (χ0n) is 12.0. The molecule has 112 valence electrons. The van der Waals surface area contributed by atoms with Gasteiger partial charge in [0.2, 0.25) is 0 Å². The summed E-state index contributed by atoms with van der Waals surface area (Å²) >= 11 is 9.49. The summed E-state index contributed by atoms with van der Waals surface area (Å²) in [6, 6.07) is 16.2. The van der Waals surface area contributed by atoms with Crippen LogP contribution in [0.4, 0.5) is 10.8 Å². The second-order valence-corrected chi connectivity index (χ2v) is 7.14. The van der Waals surface area contributed by atoms with E-state index >= 15 is 0 Å². The number of nitrogens with one attached hydrogen (secondary N) is 1. The van der Waals surface area contributed by atoms with Gasteiger partial charge in [-0.3, -0.25) is 0 Å². The number of hydrogen-bond donors (Lipinski definition) is 1. The molecule has 3 rings (SSSR count). The number of halogens is 1. The van der Waals surface area contributed by atoms with Gasteiger partial charge >= 0.3 is 0 Å². The molecule has 0 aliphatic rings. The van der Waals surface area contributed by atoms with Gasteiger partial charge in [0.15, 0.2) is 5.13 Å². The summed E-state index contributed by atoms with van der Waals surface area (Å²) in [5.41, 5.74) is 3.37. The Hall–Kier alpha value is -1.49. The third-order valence-electron chi connectivity index (χ3n) is 3.07. The molecule has 22 heavy (non-hydrogen) atoms. The second-order valence-electron chi connectivity index (χ2n) is 4.85. The summed E-state index contributed by atoms with van der Waals surface area (Å²) in [5.74, 6) is 0.815. The van der Waals surface area contributed by atoms with Crippen LogP contribution in [0.15, 0.2) is 58.8 Å². The molecule has 0 unspecified atom stereocenters. The van der Waals surface area contributed by atoms with Crippen molar-refractivity contribution in [3.05, 3.63) is 70.2 Å². The first-order valence-corrected chi connectivity index (χ1v) is 9.10. The second kappa shape index (κ2) is 7.18. The van der Waals surface area contributed by atoms with E-state index < -0.39 is 0 Å². The summed E-state index contributed by atoms with van der Waals surface area (Å²) in [6.45, 7) is 2.08. The lowest BCUT2D eigenvalue weighted by Gasteiger charge is -2.03. The molecule has 2 aromatic carbocycles. The number of hydrogen-bond acceptors (Lipinski definition) is 4. The fourth-order valence-electron chi connectivity index (χ4n) is 1.90. The molecule has 0 atom stereocenters. The van der Waals surface area contributed by atoms with Crippen molar-refractivity contribution in [1.82, 2.24) is 4.98 Å². The zero-order chi connectivity index (χ0) is 15.4. The van der Waals surface area contributed by atoms with Crippen LogP contribution in [0.3, 0.4) is 0 Å². The van der Waals surface area contributed by atoms with Crippen molar-refractivity contribution in [2.75, 3.05) is 5.32 Å². The molecule has 0 spiro atoms. The smallest absolute Gasteiger partial charge is 0.187 e. The van der Waals surface area contributed by atoms with Crippen molar-refractivity contribution in [3.63, 3.8) is 0 Å². The lowest BCUT2D eigenvalue weighted by molar-refractivity contribution is 1.23. The Labute approximate surface area is 143 Å². The molecule has 0 bridgehead atoms. The molecule has 0 saturated heterocycles. The topological polar surface area (TPSA) is 24.9 Å². The molecule has 0 amide bonds. The minimum atomic E-state index is 0.792. The quantitative estimate of drug-likeness (QED) is 0.561. The molecule has 1 heterocycles. The molecule has 0 radical (unpaired) electrons. The largest absolute Gasteiger partial charge is 0.332 e. The standard InChI is InChI=1S/C17H15ClN2S2/c1-12-6-8-13(9-7-12)19-17-20-14(11-22-17)10-21-16-5-3-2-4-15(16)18/h2-9,11H,10H2,1H3,(H,19,20). The lowest BCUT2D eigenvalue weighted by Crippen LogP contribution is -1.90. The van der Waals surface area contributed by atoms with Gasteiger partial charge in [0, 0.05) is 21.7 Å². The van der Waals surface area contributed by atoms with Crippen LogP contribution in [0.2, 0.25) is 5.02 Å². The molecule has 3 aromatic rings. The monoisotopic (exact) mass is 346 g/mol. The summed E-state index contributed by atoms with van der Waals surface area (Å²) in [5, 5.41) is 7.12. The number of thioether (sulfide) groups is 1. The number of aromatic nitrogens is 1. The van der Waals surface area contributed by atoms with Crippen LogP contribution in [-0.4, -0.2) is 4.98 Å². The Morgan fingerprint density at radius 2 is 1.91 bits per heavy atom. The first-order chi connectivity index (χ1) is 10.7. The summed E-state index contributed by atoms with van der Waals surface area (Å²) in [7, 11) is 0. The highest BCUT2D eigenvalue weighted by atomic mass is 35.5. The van der Waals surface area contributed by atoms with E-state index in [-0.39, 0.29) is 0 Å². The number of anilines is 2. The fraction of sp³-hybridized carbons (Fsp3) is 0.118. The Morgan fingerprint density at radius 1 is 1.14 bits per heavy atom. The van der Waals surface area contributed by atoms with Gasteiger partial charge in [-0.25, -0.2) is 4.98 Å². The normalized spacial score (nSPS) is 10.6. The Morgan fingerprint density at radius 3 is 2.68 bits per heavy atom. The summed E-state index contributed by atoms with van der Waals surface area (Å²) in [4.78, 5) is 5.70. The van der Waals surface area contributed by atoms with E-state index in [1.807, 2.05) is 24.3 Å². The summed E-state index contributed by atoms with van der Waals surface area (Å²) < 4.78 is 0. The molecule has 2 nitrogen and oxygen atoms in total. The van der Waals surface area contributed by atoms with Crippen LogP contribution in [0, 0.1) is 6.92 Å². The van der Waals surface area contributed by atoms with Gasteiger partial charge in [0.25, 0.3) is 0 Å². The van der Waals surface area contributed by atoms with Crippen molar-refractivity contribution < 1.29 is 0 Å². The maximum absolute atomic E-state index is 6.16. The van der Waals surface area contributed by atoms with Gasteiger partial charge in [-0.2, -0.15) is 0 Å². The first-order valence-electron chi connectivity index (χ1n) is 6.86. The maximum Gasteiger partial charge on any atom is 0.187 e. The van der Waals surface area contributed by atoms with E-state index in [0.717, 1.165) is 32.2 Å². The molecule has 1 N–H and O–H groups in total. The Kier molecular flexibility index (Phi) is 5.03. The number of aryl methyl sites for hydroxylation is 1. The van der Waals surface area contributed by atoms with Gasteiger partial charge in [-0.1, -0.05) is 41.4 Å². The van der Waals surface area contributed by atoms with Crippen molar-refractivity contribution in [1.29, 1.82) is 0 Å². The van der Waals surface area contributed by atoms with E-state index in [4.69, 9.17) is 11.6 Å². The molecule has 0 aliphatic heterocycles.